The van der Waals surface area contributed by atoms with Crippen molar-refractivity contribution in [1.82, 2.24) is 32.3 Å². The van der Waals surface area contributed by atoms with Gasteiger partial charge in [-0.3, -0.25) is 8.97 Å². The van der Waals surface area contributed by atoms with Crippen LogP contribution in [0.3, 0.4) is 0 Å². The van der Waals surface area contributed by atoms with E-state index in [1.807, 2.05) is 23.7 Å². The maximum absolute atomic E-state index is 14.2. The van der Waals surface area contributed by atoms with Crippen molar-refractivity contribution < 1.29 is 21.6 Å². The normalized spacial score (nSPS) is 19.3. The zero-order valence-electron chi connectivity index (χ0n) is 21.9. The summed E-state index contributed by atoms with van der Waals surface area (Å²) in [7, 11) is -0.484. The summed E-state index contributed by atoms with van der Waals surface area (Å²) in [6, 6.07) is 8.14. The van der Waals surface area contributed by atoms with E-state index in [-0.39, 0.29) is 36.6 Å². The first-order valence-corrected chi connectivity index (χ1v) is 14.3. The van der Waals surface area contributed by atoms with Gasteiger partial charge in [0.2, 0.25) is 0 Å². The summed E-state index contributed by atoms with van der Waals surface area (Å²) in [5.74, 6) is 1.08. The van der Waals surface area contributed by atoms with Gasteiger partial charge in [0.1, 0.15) is 12.2 Å². The Morgan fingerprint density at radius 1 is 1.10 bits per heavy atom. The first-order chi connectivity index (χ1) is 18.9. The van der Waals surface area contributed by atoms with Gasteiger partial charge in [0.05, 0.1) is 16.8 Å². The average molecular weight is 576 g/mol. The molecule has 2 aliphatic rings. The molecule has 1 atom stereocenters. The summed E-state index contributed by atoms with van der Waals surface area (Å²) < 4.78 is 73.9. The van der Waals surface area contributed by atoms with Gasteiger partial charge in [0.15, 0.2) is 0 Å². The Balaban J connectivity index is 1.45. The van der Waals surface area contributed by atoms with Crippen LogP contribution in [0.4, 0.5) is 13.2 Å². The molecule has 40 heavy (non-hydrogen) atoms. The molecule has 4 heterocycles. The Labute approximate surface area is 228 Å². The lowest BCUT2D eigenvalue weighted by Crippen LogP contribution is -2.30. The number of nitrogens with zero attached hydrogens (tertiary/aromatic N) is 7. The van der Waals surface area contributed by atoms with Crippen LogP contribution < -0.4 is 5.69 Å². The van der Waals surface area contributed by atoms with Crippen LogP contribution in [0.15, 0.2) is 53.8 Å². The van der Waals surface area contributed by atoms with Gasteiger partial charge in [-0.2, -0.15) is 30.2 Å². The van der Waals surface area contributed by atoms with E-state index in [0.717, 1.165) is 49.7 Å². The van der Waals surface area contributed by atoms with Crippen molar-refractivity contribution >= 4 is 15.7 Å². The lowest BCUT2D eigenvalue weighted by Gasteiger charge is -2.33. The summed E-state index contributed by atoms with van der Waals surface area (Å²) >= 11 is 0. The minimum Gasteiger partial charge on any atom is -0.320 e. The standard InChI is InChI=1S/C26H28F3N7O3S/c1-32-16-30-31-24(32)23(18-5-3-6-18)19-7-4-8-20(12-19)35-15-22-21(26(27,28)29)11-17(14-36(22)25(35)37)13-34-10-9-33(2)40(34,38)39/h4,7-8,11-12,14-16,18,23H,3,5-6,9-10,13H2,1-2H3/t23-/m1/s1. The third-order valence-electron chi connectivity index (χ3n) is 8.03. The van der Waals surface area contributed by atoms with Gasteiger partial charge in [-0.15, -0.1) is 10.2 Å². The highest BCUT2D eigenvalue weighted by atomic mass is 32.2. The van der Waals surface area contributed by atoms with Gasteiger partial charge in [-0.25, -0.2) is 4.79 Å². The molecule has 212 valence electrons. The molecule has 14 heteroatoms. The number of hydrogen-bond donors (Lipinski definition) is 0. The van der Waals surface area contributed by atoms with Gasteiger partial charge >= 0.3 is 11.9 Å². The van der Waals surface area contributed by atoms with E-state index in [4.69, 9.17) is 0 Å². The zero-order chi connectivity index (χ0) is 28.4. The van der Waals surface area contributed by atoms with Gasteiger partial charge in [0.25, 0.3) is 10.2 Å². The number of aromatic nitrogens is 5. The molecule has 0 radical (unpaired) electrons. The maximum Gasteiger partial charge on any atom is 0.418 e. The second kappa shape index (κ2) is 9.56. The number of likely N-dealkylation sites (N-methyl/N-ethyl adjacent to an activating group) is 1. The number of halogens is 3. The number of pyridine rings is 1. The number of benzene rings is 1. The van der Waals surface area contributed by atoms with Crippen LogP contribution in [0.1, 0.15) is 47.7 Å². The predicted molar refractivity (Wildman–Crippen MR) is 140 cm³/mol. The first kappa shape index (κ1) is 26.7. The highest BCUT2D eigenvalue weighted by Crippen LogP contribution is 2.43. The molecule has 0 N–H and O–H groups in total. The third-order valence-corrected chi connectivity index (χ3v) is 9.96. The van der Waals surface area contributed by atoms with Gasteiger partial charge in [-0.05, 0) is 48.1 Å². The highest BCUT2D eigenvalue weighted by Gasteiger charge is 2.37. The van der Waals surface area contributed by atoms with E-state index >= 15 is 0 Å². The quantitative estimate of drug-likeness (QED) is 0.352. The monoisotopic (exact) mass is 575 g/mol. The second-order valence-corrected chi connectivity index (χ2v) is 12.6. The minimum atomic E-state index is -4.76. The molecule has 1 aliphatic carbocycles. The molecule has 1 aromatic carbocycles. The van der Waals surface area contributed by atoms with Crippen molar-refractivity contribution in [1.29, 1.82) is 0 Å². The molecule has 2 fully saturated rings. The fourth-order valence-electron chi connectivity index (χ4n) is 5.64. The summed E-state index contributed by atoms with van der Waals surface area (Å²) in [5, 5.41) is 8.35. The van der Waals surface area contributed by atoms with Crippen LogP contribution >= 0.6 is 0 Å². The smallest absolute Gasteiger partial charge is 0.320 e. The van der Waals surface area contributed by atoms with Gasteiger partial charge < -0.3 is 4.57 Å². The molecular formula is C26H28F3N7O3S. The molecule has 10 nitrogen and oxygen atoms in total. The Morgan fingerprint density at radius 3 is 2.48 bits per heavy atom. The number of fused-ring (bicyclic) bond motifs is 1. The molecule has 0 spiro atoms. The molecule has 1 saturated carbocycles. The molecule has 6 rings (SSSR count). The van der Waals surface area contributed by atoms with Crippen LogP contribution in [0.25, 0.3) is 11.2 Å². The van der Waals surface area contributed by atoms with Gasteiger partial charge in [0, 0.05) is 52.0 Å². The number of alkyl halides is 3. The van der Waals surface area contributed by atoms with E-state index in [9.17, 15) is 26.4 Å². The van der Waals surface area contributed by atoms with Crippen molar-refractivity contribution in [3.8, 4) is 5.69 Å². The van der Waals surface area contributed by atoms with E-state index in [0.29, 0.717) is 11.6 Å². The van der Waals surface area contributed by atoms with Crippen LogP contribution in [-0.2, 0) is 30.0 Å². The van der Waals surface area contributed by atoms with Crippen molar-refractivity contribution in [3.05, 3.63) is 82.1 Å². The summed E-state index contributed by atoms with van der Waals surface area (Å²) in [6.07, 6.45) is 2.52. The lowest BCUT2D eigenvalue weighted by molar-refractivity contribution is -0.136. The number of imidazole rings is 1. The summed E-state index contributed by atoms with van der Waals surface area (Å²) in [5.41, 5.74) is -0.596. The molecule has 0 amide bonds. The molecule has 3 aromatic heterocycles. The average Bonchev–Trinajstić information content (AvgIpc) is 3.52. The molecular weight excluding hydrogens is 547 g/mol. The molecule has 0 unspecified atom stereocenters. The topological polar surface area (TPSA) is 97.7 Å². The predicted octanol–water partition coefficient (Wildman–Crippen LogP) is 3.16. The third kappa shape index (κ3) is 4.43. The number of aryl methyl sites for hydroxylation is 1. The fraction of sp³-hybridized carbons (Fsp3) is 0.423. The molecule has 1 saturated heterocycles. The van der Waals surface area contributed by atoms with E-state index < -0.39 is 27.6 Å². The summed E-state index contributed by atoms with van der Waals surface area (Å²) in [6.45, 7) is 0.105. The Morgan fingerprint density at radius 2 is 1.88 bits per heavy atom. The fourth-order valence-corrected chi connectivity index (χ4v) is 6.97. The number of hydrogen-bond acceptors (Lipinski definition) is 5. The van der Waals surface area contributed by atoms with Gasteiger partial charge in [-0.1, -0.05) is 18.6 Å². The van der Waals surface area contributed by atoms with Crippen molar-refractivity contribution in [2.45, 2.75) is 37.9 Å². The van der Waals surface area contributed by atoms with E-state index in [2.05, 4.69) is 10.2 Å². The van der Waals surface area contributed by atoms with Crippen LogP contribution in [0, 0.1) is 5.92 Å². The summed E-state index contributed by atoms with van der Waals surface area (Å²) in [4.78, 5) is 13.5. The van der Waals surface area contributed by atoms with Crippen molar-refractivity contribution in [2.24, 2.45) is 13.0 Å². The van der Waals surface area contributed by atoms with E-state index in [1.165, 1.54) is 24.0 Å². The van der Waals surface area contributed by atoms with Crippen molar-refractivity contribution in [2.75, 3.05) is 20.1 Å². The van der Waals surface area contributed by atoms with Crippen LogP contribution in [0.5, 0.6) is 0 Å². The maximum atomic E-state index is 14.2. The Bertz CT molecular complexity index is 1750. The SMILES string of the molecule is CN1CCN(Cc2cc(C(F)(F)F)c3cn(-c4cccc([C@H](c5nncn5C)C5CCC5)c4)c(=O)n3c2)S1(=O)=O. The minimum absolute atomic E-state index is 0.0631. The Kier molecular flexibility index (Phi) is 6.39. The lowest BCUT2D eigenvalue weighted by atomic mass is 9.72. The highest BCUT2D eigenvalue weighted by molar-refractivity contribution is 7.86. The van der Waals surface area contributed by atoms with Crippen LogP contribution in [0.2, 0.25) is 0 Å². The molecule has 0 bridgehead atoms. The Hall–Kier alpha value is -3.49. The van der Waals surface area contributed by atoms with Crippen molar-refractivity contribution in [3.63, 3.8) is 0 Å². The zero-order valence-corrected chi connectivity index (χ0v) is 22.7. The largest absolute Gasteiger partial charge is 0.418 e. The van der Waals surface area contributed by atoms with Crippen LogP contribution in [-0.4, -0.2) is 60.9 Å². The molecule has 4 aromatic rings. The first-order valence-electron chi connectivity index (χ1n) is 12.9. The second-order valence-electron chi connectivity index (χ2n) is 10.5. The molecule has 1 aliphatic heterocycles. The van der Waals surface area contributed by atoms with E-state index in [1.54, 1.807) is 18.5 Å². The number of rotatable bonds is 6.